The van der Waals surface area contributed by atoms with Crippen LogP contribution in [0.1, 0.15) is 62.0 Å². The van der Waals surface area contributed by atoms with E-state index in [1.54, 1.807) is 26.2 Å². The van der Waals surface area contributed by atoms with Crippen LogP contribution in [-0.4, -0.2) is 44.3 Å². The highest BCUT2D eigenvalue weighted by molar-refractivity contribution is 5.97. The summed E-state index contributed by atoms with van der Waals surface area (Å²) < 4.78 is 16.9. The van der Waals surface area contributed by atoms with Crippen molar-refractivity contribution in [3.05, 3.63) is 59.2 Å². The zero-order valence-corrected chi connectivity index (χ0v) is 20.8. The molecule has 2 amide bonds. The Kier molecular flexibility index (Phi) is 8.56. The first-order valence-electron chi connectivity index (χ1n) is 11.8. The Morgan fingerprint density at radius 3 is 2.47 bits per heavy atom. The molecule has 0 saturated carbocycles. The van der Waals surface area contributed by atoms with E-state index >= 15 is 0 Å². The van der Waals surface area contributed by atoms with Gasteiger partial charge in [0.05, 0.1) is 13.2 Å². The largest absolute Gasteiger partial charge is 0.493 e. The summed E-state index contributed by atoms with van der Waals surface area (Å²) in [7, 11) is 1.59. The van der Waals surface area contributed by atoms with Gasteiger partial charge in [0.15, 0.2) is 11.5 Å². The average molecular weight is 469 g/mol. The first-order valence-corrected chi connectivity index (χ1v) is 11.8. The van der Waals surface area contributed by atoms with Crippen LogP contribution in [0.3, 0.4) is 0 Å². The molecule has 0 aliphatic carbocycles. The van der Waals surface area contributed by atoms with Gasteiger partial charge in [-0.15, -0.1) is 0 Å². The predicted octanol–water partition coefficient (Wildman–Crippen LogP) is 3.99. The summed E-state index contributed by atoms with van der Waals surface area (Å²) in [5, 5.41) is 5.62. The minimum atomic E-state index is -0.675. The van der Waals surface area contributed by atoms with Crippen molar-refractivity contribution in [3.8, 4) is 11.5 Å². The second-order valence-electron chi connectivity index (χ2n) is 9.67. The highest BCUT2D eigenvalue weighted by Crippen LogP contribution is 2.29. The van der Waals surface area contributed by atoms with E-state index in [1.165, 1.54) is 0 Å². The van der Waals surface area contributed by atoms with E-state index in [0.717, 1.165) is 30.6 Å². The number of carbonyl (C=O) groups excluding carboxylic acids is 2. The lowest BCUT2D eigenvalue weighted by Crippen LogP contribution is -2.44. The van der Waals surface area contributed by atoms with Crippen LogP contribution in [0.4, 0.5) is 0 Å². The summed E-state index contributed by atoms with van der Waals surface area (Å²) >= 11 is 0. The lowest BCUT2D eigenvalue weighted by Gasteiger charge is -2.19. The van der Waals surface area contributed by atoms with Gasteiger partial charge >= 0.3 is 0 Å². The Morgan fingerprint density at radius 1 is 1.12 bits per heavy atom. The van der Waals surface area contributed by atoms with E-state index in [2.05, 4.69) is 31.4 Å². The standard InChI is InChI=1S/C27H36N2O5/c1-18(29-26(31)20-9-11-21(12-10-20)27(2,3)4)25(30)28-16-19-8-13-23(24(15-19)32-5)34-17-22-7-6-14-33-22/h8-13,15,18,22H,6-7,14,16-17H2,1-5H3,(H,28,30)(H,29,31). The van der Waals surface area contributed by atoms with Crippen LogP contribution in [0.5, 0.6) is 11.5 Å². The molecule has 1 aliphatic rings. The highest BCUT2D eigenvalue weighted by Gasteiger charge is 2.19. The minimum absolute atomic E-state index is 0.0135. The second kappa shape index (κ2) is 11.4. The molecule has 34 heavy (non-hydrogen) atoms. The Labute approximate surface area is 202 Å². The van der Waals surface area contributed by atoms with Crippen molar-refractivity contribution in [2.75, 3.05) is 20.3 Å². The van der Waals surface area contributed by atoms with Gasteiger partial charge in [0.1, 0.15) is 12.6 Å². The SMILES string of the molecule is COc1cc(CNC(=O)C(C)NC(=O)c2ccc(C(C)(C)C)cc2)ccc1OCC1CCCO1. The van der Waals surface area contributed by atoms with Crippen molar-refractivity contribution < 1.29 is 23.8 Å². The van der Waals surface area contributed by atoms with Crippen molar-refractivity contribution in [2.45, 2.75) is 64.6 Å². The van der Waals surface area contributed by atoms with Gasteiger partial charge in [0, 0.05) is 18.7 Å². The van der Waals surface area contributed by atoms with Crippen molar-refractivity contribution >= 4 is 11.8 Å². The van der Waals surface area contributed by atoms with Crippen LogP contribution in [0.25, 0.3) is 0 Å². The van der Waals surface area contributed by atoms with Gasteiger partial charge in [0.2, 0.25) is 5.91 Å². The Hall–Kier alpha value is -3.06. The molecule has 2 aromatic rings. The quantitative estimate of drug-likeness (QED) is 0.581. The van der Waals surface area contributed by atoms with Gasteiger partial charge < -0.3 is 24.8 Å². The number of amides is 2. The molecular formula is C27H36N2O5. The van der Waals surface area contributed by atoms with Gasteiger partial charge in [-0.2, -0.15) is 0 Å². The molecule has 7 heteroatoms. The van der Waals surface area contributed by atoms with Crippen LogP contribution in [0.2, 0.25) is 0 Å². The number of methoxy groups -OCH3 is 1. The minimum Gasteiger partial charge on any atom is -0.493 e. The summed E-state index contributed by atoms with van der Waals surface area (Å²) in [6, 6.07) is 12.3. The first-order chi connectivity index (χ1) is 16.2. The number of rotatable bonds is 9. The predicted molar refractivity (Wildman–Crippen MR) is 131 cm³/mol. The molecule has 184 valence electrons. The van der Waals surface area contributed by atoms with Gasteiger partial charge in [0.25, 0.3) is 5.91 Å². The van der Waals surface area contributed by atoms with Gasteiger partial charge in [-0.25, -0.2) is 0 Å². The third-order valence-electron chi connectivity index (χ3n) is 5.90. The third-order valence-corrected chi connectivity index (χ3v) is 5.90. The fraction of sp³-hybridized carbons (Fsp3) is 0.481. The second-order valence-corrected chi connectivity index (χ2v) is 9.67. The van der Waals surface area contributed by atoms with Gasteiger partial charge in [-0.05, 0) is 60.6 Å². The monoisotopic (exact) mass is 468 g/mol. The fourth-order valence-electron chi connectivity index (χ4n) is 3.71. The Bertz CT molecular complexity index is 976. The average Bonchev–Trinajstić information content (AvgIpc) is 3.34. The van der Waals surface area contributed by atoms with Crippen LogP contribution in [0, 0.1) is 0 Å². The summed E-state index contributed by atoms with van der Waals surface area (Å²) in [4.78, 5) is 25.1. The van der Waals surface area contributed by atoms with Crippen LogP contribution >= 0.6 is 0 Å². The molecule has 1 saturated heterocycles. The van der Waals surface area contributed by atoms with E-state index < -0.39 is 6.04 Å². The Morgan fingerprint density at radius 2 is 1.85 bits per heavy atom. The van der Waals surface area contributed by atoms with Crippen molar-refractivity contribution in [1.29, 1.82) is 0 Å². The smallest absolute Gasteiger partial charge is 0.251 e. The molecular weight excluding hydrogens is 432 g/mol. The van der Waals surface area contributed by atoms with Crippen molar-refractivity contribution in [3.63, 3.8) is 0 Å². The maximum absolute atomic E-state index is 12.5. The number of nitrogens with one attached hydrogen (secondary N) is 2. The number of hydrogen-bond donors (Lipinski definition) is 2. The Balaban J connectivity index is 1.50. The maximum Gasteiger partial charge on any atom is 0.251 e. The normalized spacial score (nSPS) is 16.6. The molecule has 2 unspecified atom stereocenters. The zero-order valence-electron chi connectivity index (χ0n) is 20.8. The molecule has 2 aromatic carbocycles. The molecule has 0 radical (unpaired) electrons. The first kappa shape index (κ1) is 25.6. The molecule has 1 heterocycles. The molecule has 0 aromatic heterocycles. The number of ether oxygens (including phenoxy) is 3. The van der Waals surface area contributed by atoms with E-state index in [0.29, 0.717) is 30.2 Å². The molecule has 3 rings (SSSR count). The van der Waals surface area contributed by atoms with E-state index in [1.807, 2.05) is 30.3 Å². The lowest BCUT2D eigenvalue weighted by molar-refractivity contribution is -0.122. The number of benzene rings is 2. The molecule has 0 bridgehead atoms. The van der Waals surface area contributed by atoms with Gasteiger partial charge in [-0.3, -0.25) is 9.59 Å². The molecule has 0 spiro atoms. The molecule has 1 aliphatic heterocycles. The van der Waals surface area contributed by atoms with Gasteiger partial charge in [-0.1, -0.05) is 39.0 Å². The van der Waals surface area contributed by atoms with Crippen molar-refractivity contribution in [2.24, 2.45) is 0 Å². The van der Waals surface area contributed by atoms with E-state index in [4.69, 9.17) is 14.2 Å². The van der Waals surface area contributed by atoms with E-state index in [9.17, 15) is 9.59 Å². The third kappa shape index (κ3) is 6.97. The lowest BCUT2D eigenvalue weighted by atomic mass is 9.86. The summed E-state index contributed by atoms with van der Waals surface area (Å²) in [6.07, 6.45) is 2.19. The number of hydrogen-bond acceptors (Lipinski definition) is 5. The van der Waals surface area contributed by atoms with Crippen LogP contribution in [0.15, 0.2) is 42.5 Å². The maximum atomic E-state index is 12.5. The molecule has 2 N–H and O–H groups in total. The zero-order chi connectivity index (χ0) is 24.7. The summed E-state index contributed by atoms with van der Waals surface area (Å²) in [5.74, 6) is 0.700. The fourth-order valence-corrected chi connectivity index (χ4v) is 3.71. The van der Waals surface area contributed by atoms with E-state index in [-0.39, 0.29) is 23.3 Å². The summed E-state index contributed by atoms with van der Waals surface area (Å²) in [5.41, 5.74) is 2.55. The molecule has 2 atom stereocenters. The topological polar surface area (TPSA) is 85.9 Å². The summed E-state index contributed by atoms with van der Waals surface area (Å²) in [6.45, 7) is 9.61. The number of carbonyl (C=O) groups is 2. The molecule has 7 nitrogen and oxygen atoms in total. The molecule has 1 fully saturated rings. The van der Waals surface area contributed by atoms with Crippen LogP contribution < -0.4 is 20.1 Å². The highest BCUT2D eigenvalue weighted by atomic mass is 16.5. The van der Waals surface area contributed by atoms with Crippen molar-refractivity contribution in [1.82, 2.24) is 10.6 Å². The van der Waals surface area contributed by atoms with Crippen LogP contribution in [-0.2, 0) is 21.5 Å².